The van der Waals surface area contributed by atoms with Crippen molar-refractivity contribution in [2.75, 3.05) is 27.7 Å². The minimum Gasteiger partial charge on any atom is -1.00 e. The summed E-state index contributed by atoms with van der Waals surface area (Å²) < 4.78 is 1.12. The second-order valence-corrected chi connectivity index (χ2v) is 7.61. The van der Waals surface area contributed by atoms with Gasteiger partial charge in [0.15, 0.2) is 0 Å². The minimum atomic E-state index is 0. The van der Waals surface area contributed by atoms with E-state index < -0.39 is 0 Å². The van der Waals surface area contributed by atoms with E-state index in [0.29, 0.717) is 0 Å². The molecular formula is C19H46BrNSi. The van der Waals surface area contributed by atoms with E-state index in [1.54, 1.807) is 0 Å². The molecule has 0 N–H and O–H groups in total. The number of unbranched alkanes of at least 4 members (excludes halogenated alkanes) is 13. The van der Waals surface area contributed by atoms with Crippen LogP contribution in [-0.4, -0.2) is 43.1 Å². The summed E-state index contributed by atoms with van der Waals surface area (Å²) in [7, 11) is 6.88. The van der Waals surface area contributed by atoms with Gasteiger partial charge in [-0.3, -0.25) is 0 Å². The molecule has 0 aromatic rings. The maximum absolute atomic E-state index is 2.29. The monoisotopic (exact) mass is 395 g/mol. The summed E-state index contributed by atoms with van der Waals surface area (Å²) in [6, 6.07) is 0. The molecule has 0 amide bonds. The van der Waals surface area contributed by atoms with Gasteiger partial charge in [-0.15, -0.1) is 0 Å². The Morgan fingerprint density at radius 3 is 1.05 bits per heavy atom. The lowest BCUT2D eigenvalue weighted by molar-refractivity contribution is -0.870. The molecule has 0 aliphatic heterocycles. The first-order valence-corrected chi connectivity index (χ1v) is 9.36. The van der Waals surface area contributed by atoms with E-state index >= 15 is 0 Å². The molecule has 0 bridgehead atoms. The van der Waals surface area contributed by atoms with Crippen molar-refractivity contribution in [3.63, 3.8) is 0 Å². The highest BCUT2D eigenvalue weighted by atomic mass is 79.9. The zero-order valence-electron chi connectivity index (χ0n) is 15.4. The number of hydrogen-bond donors (Lipinski definition) is 0. The van der Waals surface area contributed by atoms with Gasteiger partial charge in [0.05, 0.1) is 27.7 Å². The van der Waals surface area contributed by atoms with Crippen molar-refractivity contribution in [2.24, 2.45) is 0 Å². The van der Waals surface area contributed by atoms with E-state index in [1.807, 2.05) is 0 Å². The fourth-order valence-corrected chi connectivity index (χ4v) is 2.78. The predicted molar refractivity (Wildman–Crippen MR) is 105 cm³/mol. The second kappa shape index (κ2) is 19.7. The molecule has 0 radical (unpaired) electrons. The fraction of sp³-hybridized carbons (Fsp3) is 1.00. The summed E-state index contributed by atoms with van der Waals surface area (Å²) in [5, 5.41) is 0. The van der Waals surface area contributed by atoms with Gasteiger partial charge in [-0.25, -0.2) is 0 Å². The standard InChI is InChI=1S/C19H42N.BrH.H4Si/c1-5-6-7-8-9-10-11-12-13-14-15-16-17-18-19-20(2,3)4;;/h5-19H2,1-4H3;1H;1H4/q+1;;/p-1. The topological polar surface area (TPSA) is 0 Å². The number of rotatable bonds is 15. The van der Waals surface area contributed by atoms with Crippen LogP contribution < -0.4 is 17.0 Å². The van der Waals surface area contributed by atoms with Gasteiger partial charge in [0.2, 0.25) is 0 Å². The SMILES string of the molecule is CCCCCCCCCCCCCCCC[N+](C)(C)C.[Br-].[SiH4]. The Bertz CT molecular complexity index is 192. The van der Waals surface area contributed by atoms with Crippen molar-refractivity contribution in [2.45, 2.75) is 96.8 Å². The van der Waals surface area contributed by atoms with E-state index in [9.17, 15) is 0 Å². The highest BCUT2D eigenvalue weighted by molar-refractivity contribution is 5.75. The van der Waals surface area contributed by atoms with Gasteiger partial charge in [0.1, 0.15) is 0 Å². The van der Waals surface area contributed by atoms with Crippen molar-refractivity contribution in [3.8, 4) is 0 Å². The number of hydrogen-bond acceptors (Lipinski definition) is 0. The molecule has 1 nitrogen and oxygen atoms in total. The van der Waals surface area contributed by atoms with Crippen molar-refractivity contribution >= 4 is 11.0 Å². The first-order valence-electron chi connectivity index (χ1n) is 9.36. The molecule has 0 aromatic carbocycles. The van der Waals surface area contributed by atoms with E-state index in [4.69, 9.17) is 0 Å². The number of quaternary nitrogens is 1. The highest BCUT2D eigenvalue weighted by Crippen LogP contribution is 2.13. The second-order valence-electron chi connectivity index (χ2n) is 7.61. The van der Waals surface area contributed by atoms with Crippen LogP contribution in [0.25, 0.3) is 0 Å². The lowest BCUT2D eigenvalue weighted by Gasteiger charge is -2.23. The van der Waals surface area contributed by atoms with Crippen LogP contribution in [-0.2, 0) is 0 Å². The summed E-state index contributed by atoms with van der Waals surface area (Å²) in [4.78, 5) is 0. The zero-order valence-corrected chi connectivity index (χ0v) is 17.0. The molecular weight excluding hydrogens is 350 g/mol. The highest BCUT2D eigenvalue weighted by Gasteiger charge is 2.04. The first kappa shape index (κ1) is 27.5. The van der Waals surface area contributed by atoms with Crippen LogP contribution in [0.15, 0.2) is 0 Å². The maximum atomic E-state index is 2.29. The van der Waals surface area contributed by atoms with Crippen LogP contribution in [0, 0.1) is 0 Å². The lowest BCUT2D eigenvalue weighted by Crippen LogP contribution is -3.00. The number of nitrogens with zero attached hydrogens (tertiary/aromatic N) is 1. The van der Waals surface area contributed by atoms with Gasteiger partial charge in [-0.05, 0) is 23.8 Å². The third kappa shape index (κ3) is 25.6. The third-order valence-corrected chi connectivity index (χ3v) is 4.18. The van der Waals surface area contributed by atoms with E-state index in [-0.39, 0.29) is 27.9 Å². The molecule has 0 aliphatic carbocycles. The van der Waals surface area contributed by atoms with Gasteiger partial charge in [0.25, 0.3) is 0 Å². The molecule has 0 atom stereocenters. The first-order chi connectivity index (χ1) is 9.56. The Morgan fingerprint density at radius 2 is 0.773 bits per heavy atom. The van der Waals surface area contributed by atoms with E-state index in [0.717, 1.165) is 4.48 Å². The van der Waals surface area contributed by atoms with Crippen molar-refractivity contribution in [3.05, 3.63) is 0 Å². The molecule has 0 aliphatic rings. The quantitative estimate of drug-likeness (QED) is 0.225. The van der Waals surface area contributed by atoms with Crippen molar-refractivity contribution in [1.29, 1.82) is 0 Å². The van der Waals surface area contributed by atoms with Crippen molar-refractivity contribution < 1.29 is 21.5 Å². The summed E-state index contributed by atoms with van der Waals surface area (Å²) in [5.41, 5.74) is 0. The molecule has 0 saturated heterocycles. The maximum Gasteiger partial charge on any atom is 0.0780 e. The number of halogens is 1. The Morgan fingerprint density at radius 1 is 0.500 bits per heavy atom. The molecule has 22 heavy (non-hydrogen) atoms. The Hall–Kier alpha value is 0.657. The Kier molecular flexibility index (Phi) is 24.6. The van der Waals surface area contributed by atoms with Crippen LogP contribution in [0.5, 0.6) is 0 Å². The molecule has 0 rings (SSSR count). The van der Waals surface area contributed by atoms with Gasteiger partial charge < -0.3 is 21.5 Å². The summed E-state index contributed by atoms with van der Waals surface area (Å²) in [6.07, 6.45) is 20.4. The third-order valence-electron chi connectivity index (χ3n) is 4.18. The largest absolute Gasteiger partial charge is 1.00 e. The summed E-state index contributed by atoms with van der Waals surface area (Å²) in [5.74, 6) is 0. The Balaban J connectivity index is -0.00000180. The van der Waals surface area contributed by atoms with Crippen LogP contribution >= 0.6 is 0 Å². The van der Waals surface area contributed by atoms with E-state index in [1.165, 1.54) is 96.4 Å². The molecule has 0 unspecified atom stereocenters. The minimum absolute atomic E-state index is 0. The smallest absolute Gasteiger partial charge is 0.0780 e. The predicted octanol–water partition coefficient (Wildman–Crippen LogP) is 1.73. The van der Waals surface area contributed by atoms with Crippen LogP contribution in [0.4, 0.5) is 0 Å². The van der Waals surface area contributed by atoms with E-state index in [2.05, 4.69) is 28.1 Å². The normalized spacial score (nSPS) is 10.9. The van der Waals surface area contributed by atoms with Gasteiger partial charge in [-0.2, -0.15) is 0 Å². The molecule has 0 spiro atoms. The van der Waals surface area contributed by atoms with Gasteiger partial charge in [0, 0.05) is 0 Å². The average molecular weight is 397 g/mol. The van der Waals surface area contributed by atoms with Gasteiger partial charge in [-0.1, -0.05) is 84.0 Å². The van der Waals surface area contributed by atoms with Gasteiger partial charge >= 0.3 is 0 Å². The Labute approximate surface area is 157 Å². The molecule has 3 heteroatoms. The molecule has 138 valence electrons. The molecule has 0 aromatic heterocycles. The summed E-state index contributed by atoms with van der Waals surface area (Å²) in [6.45, 7) is 3.63. The fourth-order valence-electron chi connectivity index (χ4n) is 2.78. The lowest BCUT2D eigenvalue weighted by atomic mass is 10.0. The molecule has 0 saturated carbocycles. The van der Waals surface area contributed by atoms with Crippen LogP contribution in [0.3, 0.4) is 0 Å². The van der Waals surface area contributed by atoms with Crippen molar-refractivity contribution in [1.82, 2.24) is 0 Å². The zero-order chi connectivity index (χ0) is 15.1. The average Bonchev–Trinajstić information content (AvgIpc) is 2.38. The molecule has 0 heterocycles. The molecule has 0 fully saturated rings. The van der Waals surface area contributed by atoms with Crippen LogP contribution in [0.2, 0.25) is 0 Å². The summed E-state index contributed by atoms with van der Waals surface area (Å²) >= 11 is 0. The van der Waals surface area contributed by atoms with Crippen LogP contribution in [0.1, 0.15) is 96.8 Å².